The molecule has 1 aromatic carbocycles. The van der Waals surface area contributed by atoms with E-state index >= 15 is 0 Å². The Morgan fingerprint density at radius 1 is 1.19 bits per heavy atom. The maximum absolute atomic E-state index is 11.8. The highest BCUT2D eigenvalue weighted by Crippen LogP contribution is 2.37. The number of benzene rings is 1. The molecule has 112 valence electrons. The van der Waals surface area contributed by atoms with Crippen LogP contribution in [0.4, 0.5) is 5.69 Å². The molecule has 0 aromatic heterocycles. The van der Waals surface area contributed by atoms with E-state index in [9.17, 15) is 8.42 Å². The third kappa shape index (κ3) is 2.13. The van der Waals surface area contributed by atoms with Gasteiger partial charge in [-0.2, -0.15) is 0 Å². The summed E-state index contributed by atoms with van der Waals surface area (Å²) in [5.74, 6) is 1.64. The van der Waals surface area contributed by atoms with Crippen LogP contribution in [0, 0.1) is 0 Å². The Morgan fingerprint density at radius 2 is 1.95 bits per heavy atom. The molecule has 0 spiro atoms. The van der Waals surface area contributed by atoms with Crippen molar-refractivity contribution >= 4 is 32.9 Å². The molecule has 0 bridgehead atoms. The molecular formula is C13H14N2O4S2. The summed E-state index contributed by atoms with van der Waals surface area (Å²) < 4.78 is 34.7. The van der Waals surface area contributed by atoms with Gasteiger partial charge in [0.15, 0.2) is 26.4 Å². The van der Waals surface area contributed by atoms with Gasteiger partial charge in [-0.1, -0.05) is 0 Å². The summed E-state index contributed by atoms with van der Waals surface area (Å²) in [6.07, 6.45) is 0. The van der Waals surface area contributed by atoms with Gasteiger partial charge in [-0.25, -0.2) is 8.42 Å². The van der Waals surface area contributed by atoms with Gasteiger partial charge in [-0.3, -0.25) is 0 Å². The monoisotopic (exact) mass is 326 g/mol. The van der Waals surface area contributed by atoms with E-state index in [0.717, 1.165) is 5.69 Å². The largest absolute Gasteiger partial charge is 0.486 e. The standard InChI is InChI=1S/C13H14N2O4S2/c16-21(17)6-9-10(7-21)15(13(20)14-9)8-1-2-11-12(5-8)19-4-3-18-11/h1-2,5,9-10H,3-4,6-7H2,(H,14,20)/t9-,10+/m0/s1. The van der Waals surface area contributed by atoms with Gasteiger partial charge in [0.2, 0.25) is 0 Å². The van der Waals surface area contributed by atoms with Gasteiger partial charge in [0.1, 0.15) is 13.2 Å². The normalized spacial score (nSPS) is 29.1. The number of thiocarbonyl (C=S) groups is 1. The van der Waals surface area contributed by atoms with E-state index in [1.807, 2.05) is 23.1 Å². The summed E-state index contributed by atoms with van der Waals surface area (Å²) in [7, 11) is -3.01. The summed E-state index contributed by atoms with van der Waals surface area (Å²) in [5.41, 5.74) is 0.835. The quantitative estimate of drug-likeness (QED) is 0.745. The van der Waals surface area contributed by atoms with Gasteiger partial charge in [0, 0.05) is 11.8 Å². The number of hydrogen-bond donors (Lipinski definition) is 1. The van der Waals surface area contributed by atoms with Crippen LogP contribution < -0.4 is 19.7 Å². The van der Waals surface area contributed by atoms with Crippen molar-refractivity contribution < 1.29 is 17.9 Å². The Balaban J connectivity index is 1.70. The highest BCUT2D eigenvalue weighted by molar-refractivity contribution is 7.91. The zero-order valence-corrected chi connectivity index (χ0v) is 12.7. The van der Waals surface area contributed by atoms with E-state index in [0.29, 0.717) is 29.8 Å². The van der Waals surface area contributed by atoms with E-state index in [1.165, 1.54) is 0 Å². The minimum Gasteiger partial charge on any atom is -0.486 e. The molecule has 8 heteroatoms. The number of nitrogens with zero attached hydrogens (tertiary/aromatic N) is 1. The number of anilines is 1. The molecule has 0 saturated carbocycles. The maximum Gasteiger partial charge on any atom is 0.174 e. The van der Waals surface area contributed by atoms with Gasteiger partial charge in [-0.15, -0.1) is 0 Å². The summed E-state index contributed by atoms with van der Waals surface area (Å²) in [6.45, 7) is 1.05. The predicted octanol–water partition coefficient (Wildman–Crippen LogP) is 0.318. The topological polar surface area (TPSA) is 67.9 Å². The average molecular weight is 326 g/mol. The van der Waals surface area contributed by atoms with Crippen molar-refractivity contribution in [2.45, 2.75) is 12.1 Å². The van der Waals surface area contributed by atoms with Crippen LogP contribution in [0.25, 0.3) is 0 Å². The molecule has 2 fully saturated rings. The van der Waals surface area contributed by atoms with Crippen molar-refractivity contribution in [1.82, 2.24) is 5.32 Å². The molecule has 3 aliphatic heterocycles. The third-order valence-corrected chi connectivity index (χ3v) is 6.02. The fourth-order valence-electron chi connectivity index (χ4n) is 3.09. The molecule has 2 atom stereocenters. The van der Waals surface area contributed by atoms with Crippen molar-refractivity contribution in [3.8, 4) is 11.5 Å². The Bertz CT molecular complexity index is 719. The van der Waals surface area contributed by atoms with Crippen LogP contribution in [0.5, 0.6) is 11.5 Å². The second-order valence-electron chi connectivity index (χ2n) is 5.40. The number of hydrogen-bond acceptors (Lipinski definition) is 5. The van der Waals surface area contributed by atoms with E-state index in [-0.39, 0.29) is 23.6 Å². The fraction of sp³-hybridized carbons (Fsp3) is 0.462. The minimum atomic E-state index is -3.01. The summed E-state index contributed by atoms with van der Waals surface area (Å²) >= 11 is 5.35. The Labute approximate surface area is 127 Å². The first kappa shape index (κ1) is 13.1. The van der Waals surface area contributed by atoms with Crippen LogP contribution in [-0.2, 0) is 9.84 Å². The van der Waals surface area contributed by atoms with E-state index in [1.54, 1.807) is 0 Å². The summed E-state index contributed by atoms with van der Waals surface area (Å²) in [4.78, 5) is 1.88. The molecule has 0 amide bonds. The highest BCUT2D eigenvalue weighted by atomic mass is 32.2. The van der Waals surface area contributed by atoms with Crippen LogP contribution in [0.1, 0.15) is 0 Å². The van der Waals surface area contributed by atoms with E-state index < -0.39 is 9.84 Å². The SMILES string of the molecule is O=S1(=O)C[C@@H]2NC(=S)N(c3ccc4c(c3)OCCO4)[C@@H]2C1. The molecule has 1 N–H and O–H groups in total. The molecule has 3 aliphatic rings. The third-order valence-electron chi connectivity index (χ3n) is 3.99. The summed E-state index contributed by atoms with van der Waals surface area (Å²) in [5, 5.41) is 3.67. The highest BCUT2D eigenvalue weighted by Gasteiger charge is 2.47. The second-order valence-corrected chi connectivity index (χ2v) is 7.94. The molecule has 6 nitrogen and oxygen atoms in total. The van der Waals surface area contributed by atoms with E-state index in [2.05, 4.69) is 5.32 Å². The number of rotatable bonds is 1. The predicted molar refractivity (Wildman–Crippen MR) is 81.9 cm³/mol. The van der Waals surface area contributed by atoms with Crippen molar-refractivity contribution in [2.24, 2.45) is 0 Å². The van der Waals surface area contributed by atoms with Crippen LogP contribution in [0.15, 0.2) is 18.2 Å². The Kier molecular flexibility index (Phi) is 2.80. The average Bonchev–Trinajstić information content (AvgIpc) is 2.88. The molecule has 0 aliphatic carbocycles. The van der Waals surface area contributed by atoms with Crippen molar-refractivity contribution in [3.63, 3.8) is 0 Å². The van der Waals surface area contributed by atoms with Gasteiger partial charge < -0.3 is 19.7 Å². The van der Waals surface area contributed by atoms with Crippen molar-refractivity contribution in [2.75, 3.05) is 29.6 Å². The molecule has 0 radical (unpaired) electrons. The number of sulfone groups is 1. The van der Waals surface area contributed by atoms with Crippen molar-refractivity contribution in [1.29, 1.82) is 0 Å². The first-order valence-corrected chi connectivity index (χ1v) is 8.96. The molecule has 21 heavy (non-hydrogen) atoms. The lowest BCUT2D eigenvalue weighted by Crippen LogP contribution is -2.36. The summed E-state index contributed by atoms with van der Waals surface area (Å²) in [6, 6.07) is 5.30. The number of nitrogens with one attached hydrogen (secondary N) is 1. The van der Waals surface area contributed by atoms with Crippen LogP contribution in [-0.4, -0.2) is 50.3 Å². The minimum absolute atomic E-state index is 0.124. The zero-order valence-electron chi connectivity index (χ0n) is 11.1. The lowest BCUT2D eigenvalue weighted by Gasteiger charge is -2.25. The molecule has 0 unspecified atom stereocenters. The van der Waals surface area contributed by atoms with Crippen LogP contribution in [0.3, 0.4) is 0 Å². The van der Waals surface area contributed by atoms with Crippen LogP contribution >= 0.6 is 12.2 Å². The molecule has 4 rings (SSSR count). The Hall–Kier alpha value is -1.54. The maximum atomic E-state index is 11.8. The zero-order chi connectivity index (χ0) is 14.6. The first-order chi connectivity index (χ1) is 10.0. The van der Waals surface area contributed by atoms with E-state index in [4.69, 9.17) is 21.7 Å². The number of ether oxygens (including phenoxy) is 2. The van der Waals surface area contributed by atoms with Gasteiger partial charge in [0.25, 0.3) is 0 Å². The molecule has 3 heterocycles. The Morgan fingerprint density at radius 3 is 2.76 bits per heavy atom. The smallest absolute Gasteiger partial charge is 0.174 e. The lowest BCUT2D eigenvalue weighted by atomic mass is 10.1. The second kappa shape index (κ2) is 4.48. The number of fused-ring (bicyclic) bond motifs is 2. The molecular weight excluding hydrogens is 312 g/mol. The first-order valence-electron chi connectivity index (χ1n) is 6.73. The lowest BCUT2D eigenvalue weighted by molar-refractivity contribution is 0.171. The van der Waals surface area contributed by atoms with Crippen molar-refractivity contribution in [3.05, 3.63) is 18.2 Å². The molecule has 1 aromatic rings. The van der Waals surface area contributed by atoms with Gasteiger partial charge >= 0.3 is 0 Å². The fourth-order valence-corrected chi connectivity index (χ4v) is 5.37. The van der Waals surface area contributed by atoms with Gasteiger partial charge in [0.05, 0.1) is 23.6 Å². The van der Waals surface area contributed by atoms with Crippen LogP contribution in [0.2, 0.25) is 0 Å². The molecule has 2 saturated heterocycles. The van der Waals surface area contributed by atoms with Gasteiger partial charge in [-0.05, 0) is 24.4 Å².